The molecular weight excluding hydrogens is 406 g/mol. The van der Waals surface area contributed by atoms with Gasteiger partial charge in [-0.05, 0) is 36.1 Å². The summed E-state index contributed by atoms with van der Waals surface area (Å²) in [6, 6.07) is 3.66. The standard InChI is InChI=1S/C21H22ClN5O3/c1-29-9-21(30-2)4-3-14-12(8-21)18-19(26-14)23-10-24-20(18)27-16-7-15-11(5-13(16)22)6-17(28)25-15/h5,7,10H,3-4,6,8-9H2,1-2H3,(H,25,28)(H2,23,24,26,27). The van der Waals surface area contributed by atoms with Crippen LogP contribution in [0.15, 0.2) is 18.5 Å². The van der Waals surface area contributed by atoms with E-state index in [1.807, 2.05) is 12.1 Å². The fourth-order valence-electron chi connectivity index (χ4n) is 4.49. The Labute approximate surface area is 178 Å². The molecule has 156 valence electrons. The molecule has 1 aliphatic carbocycles. The first kappa shape index (κ1) is 19.3. The summed E-state index contributed by atoms with van der Waals surface area (Å²) in [6.45, 7) is 0.516. The Morgan fingerprint density at radius 2 is 2.17 bits per heavy atom. The SMILES string of the molecule is COCC1(OC)CCc2[nH]c3ncnc(Nc4cc5c(cc4Cl)CC(=O)N5)c3c2C1. The van der Waals surface area contributed by atoms with Crippen LogP contribution >= 0.6 is 11.6 Å². The third kappa shape index (κ3) is 3.12. The molecular formula is C21H22ClN5O3. The summed E-state index contributed by atoms with van der Waals surface area (Å²) < 4.78 is 11.3. The number of hydrogen-bond acceptors (Lipinski definition) is 6. The normalized spacial score (nSPS) is 20.2. The van der Waals surface area contributed by atoms with Gasteiger partial charge in [0.2, 0.25) is 5.91 Å². The molecule has 5 rings (SSSR count). The van der Waals surface area contributed by atoms with Gasteiger partial charge in [-0.25, -0.2) is 9.97 Å². The first-order valence-corrected chi connectivity index (χ1v) is 10.2. The Hall–Kier alpha value is -2.68. The molecule has 0 saturated heterocycles. The van der Waals surface area contributed by atoms with Gasteiger partial charge in [0.15, 0.2) is 0 Å². The van der Waals surface area contributed by atoms with Crippen molar-refractivity contribution in [3.63, 3.8) is 0 Å². The highest BCUT2D eigenvalue weighted by Gasteiger charge is 2.37. The number of carbonyl (C=O) groups is 1. The number of rotatable bonds is 5. The van der Waals surface area contributed by atoms with Crippen LogP contribution < -0.4 is 10.6 Å². The van der Waals surface area contributed by atoms with Crippen molar-refractivity contribution in [1.82, 2.24) is 15.0 Å². The summed E-state index contributed by atoms with van der Waals surface area (Å²) in [5, 5.41) is 7.66. The maximum atomic E-state index is 11.7. The smallest absolute Gasteiger partial charge is 0.228 e. The van der Waals surface area contributed by atoms with Crippen molar-refractivity contribution in [2.75, 3.05) is 31.5 Å². The molecule has 0 radical (unpaired) electrons. The van der Waals surface area contributed by atoms with Gasteiger partial charge in [-0.2, -0.15) is 0 Å². The molecule has 1 aliphatic heterocycles. The number of amides is 1. The van der Waals surface area contributed by atoms with Gasteiger partial charge in [-0.1, -0.05) is 11.6 Å². The van der Waals surface area contributed by atoms with Gasteiger partial charge in [0, 0.05) is 32.0 Å². The van der Waals surface area contributed by atoms with Crippen molar-refractivity contribution in [2.24, 2.45) is 0 Å². The first-order valence-electron chi connectivity index (χ1n) is 9.80. The lowest BCUT2D eigenvalue weighted by Gasteiger charge is -2.35. The third-order valence-corrected chi connectivity index (χ3v) is 6.34. The Kier molecular flexibility index (Phi) is 4.65. The molecule has 3 heterocycles. The molecule has 1 unspecified atom stereocenters. The first-order chi connectivity index (χ1) is 14.5. The van der Waals surface area contributed by atoms with Crippen LogP contribution in [0.25, 0.3) is 11.0 Å². The van der Waals surface area contributed by atoms with Crippen LogP contribution in [0.4, 0.5) is 17.2 Å². The van der Waals surface area contributed by atoms with E-state index in [-0.39, 0.29) is 11.5 Å². The van der Waals surface area contributed by atoms with Gasteiger partial charge in [-0.3, -0.25) is 4.79 Å². The average Bonchev–Trinajstić information content (AvgIpc) is 3.27. The van der Waals surface area contributed by atoms with Gasteiger partial charge in [0.05, 0.1) is 34.7 Å². The van der Waals surface area contributed by atoms with E-state index in [4.69, 9.17) is 21.1 Å². The second kappa shape index (κ2) is 7.23. The van der Waals surface area contributed by atoms with Crippen molar-refractivity contribution < 1.29 is 14.3 Å². The molecule has 3 aromatic rings. The summed E-state index contributed by atoms with van der Waals surface area (Å²) in [5.74, 6) is 0.629. The van der Waals surface area contributed by atoms with E-state index in [1.165, 1.54) is 6.33 Å². The fourth-order valence-corrected chi connectivity index (χ4v) is 4.72. The molecule has 1 atom stereocenters. The van der Waals surface area contributed by atoms with Crippen LogP contribution in [-0.2, 0) is 33.5 Å². The van der Waals surface area contributed by atoms with Crippen molar-refractivity contribution in [3.05, 3.63) is 40.3 Å². The van der Waals surface area contributed by atoms with Gasteiger partial charge in [-0.15, -0.1) is 0 Å². The fraction of sp³-hybridized carbons (Fsp3) is 0.381. The molecule has 2 aliphatic rings. The summed E-state index contributed by atoms with van der Waals surface area (Å²) in [4.78, 5) is 24.1. The Bertz CT molecular complexity index is 1160. The summed E-state index contributed by atoms with van der Waals surface area (Å²) in [7, 11) is 3.42. The number of anilines is 3. The van der Waals surface area contributed by atoms with E-state index >= 15 is 0 Å². The molecule has 3 N–H and O–H groups in total. The Balaban J connectivity index is 1.57. The summed E-state index contributed by atoms with van der Waals surface area (Å²) >= 11 is 6.49. The number of nitrogens with one attached hydrogen (secondary N) is 3. The van der Waals surface area contributed by atoms with Gasteiger partial charge >= 0.3 is 0 Å². The topological polar surface area (TPSA) is 101 Å². The number of aromatic nitrogens is 3. The van der Waals surface area contributed by atoms with Gasteiger partial charge in [0.25, 0.3) is 0 Å². The number of methoxy groups -OCH3 is 2. The van der Waals surface area contributed by atoms with Crippen LogP contribution in [-0.4, -0.2) is 47.3 Å². The Morgan fingerprint density at radius 3 is 2.97 bits per heavy atom. The van der Waals surface area contributed by atoms with E-state index in [1.54, 1.807) is 14.2 Å². The minimum absolute atomic E-state index is 0.0311. The van der Waals surface area contributed by atoms with Crippen LogP contribution in [0.1, 0.15) is 23.2 Å². The highest BCUT2D eigenvalue weighted by Crippen LogP contribution is 2.40. The maximum Gasteiger partial charge on any atom is 0.228 e. The molecule has 0 bridgehead atoms. The zero-order valence-corrected chi connectivity index (χ0v) is 17.5. The van der Waals surface area contributed by atoms with E-state index < -0.39 is 0 Å². The molecule has 0 saturated carbocycles. The Morgan fingerprint density at radius 1 is 1.30 bits per heavy atom. The van der Waals surface area contributed by atoms with Crippen LogP contribution in [0, 0.1) is 0 Å². The predicted octanol–water partition coefficient (Wildman–Crippen LogP) is 3.37. The zero-order chi connectivity index (χ0) is 20.9. The van der Waals surface area contributed by atoms with E-state index in [0.717, 1.165) is 46.4 Å². The number of halogens is 1. The van der Waals surface area contributed by atoms with Gasteiger partial charge < -0.3 is 25.1 Å². The minimum atomic E-state index is -0.376. The minimum Gasteiger partial charge on any atom is -0.382 e. The summed E-state index contributed by atoms with van der Waals surface area (Å²) in [5.41, 5.74) is 5.01. The second-order valence-corrected chi connectivity index (χ2v) is 8.27. The van der Waals surface area contributed by atoms with E-state index in [9.17, 15) is 4.79 Å². The lowest BCUT2D eigenvalue weighted by molar-refractivity contribution is -0.115. The number of hydrogen-bond donors (Lipinski definition) is 3. The van der Waals surface area contributed by atoms with Crippen molar-refractivity contribution in [2.45, 2.75) is 31.3 Å². The number of benzene rings is 1. The second-order valence-electron chi connectivity index (χ2n) is 7.86. The molecule has 1 amide bonds. The highest BCUT2D eigenvalue weighted by atomic mass is 35.5. The number of nitrogens with zero attached hydrogens (tertiary/aromatic N) is 2. The van der Waals surface area contributed by atoms with Crippen LogP contribution in [0.3, 0.4) is 0 Å². The average molecular weight is 428 g/mol. The molecule has 8 nitrogen and oxygen atoms in total. The van der Waals surface area contributed by atoms with Crippen molar-refractivity contribution in [3.8, 4) is 0 Å². The number of ether oxygens (including phenoxy) is 2. The largest absolute Gasteiger partial charge is 0.382 e. The summed E-state index contributed by atoms with van der Waals surface area (Å²) in [6.07, 6.45) is 4.27. The maximum absolute atomic E-state index is 11.7. The lowest BCUT2D eigenvalue weighted by Crippen LogP contribution is -2.42. The predicted molar refractivity (Wildman–Crippen MR) is 115 cm³/mol. The van der Waals surface area contributed by atoms with E-state index in [0.29, 0.717) is 36.0 Å². The molecule has 30 heavy (non-hydrogen) atoms. The molecule has 0 spiro atoms. The van der Waals surface area contributed by atoms with Crippen molar-refractivity contribution >= 4 is 45.7 Å². The number of H-pyrrole nitrogens is 1. The number of aromatic amines is 1. The molecule has 1 aromatic carbocycles. The van der Waals surface area contributed by atoms with Crippen LogP contribution in [0.5, 0.6) is 0 Å². The zero-order valence-electron chi connectivity index (χ0n) is 16.8. The highest BCUT2D eigenvalue weighted by molar-refractivity contribution is 6.33. The third-order valence-electron chi connectivity index (χ3n) is 6.02. The van der Waals surface area contributed by atoms with Gasteiger partial charge in [0.1, 0.15) is 17.8 Å². The molecule has 9 heteroatoms. The molecule has 2 aromatic heterocycles. The number of aryl methyl sites for hydroxylation is 1. The van der Waals surface area contributed by atoms with Crippen molar-refractivity contribution in [1.29, 1.82) is 0 Å². The number of fused-ring (bicyclic) bond motifs is 4. The molecule has 0 fully saturated rings. The number of carbonyl (C=O) groups excluding carboxylic acids is 1. The lowest BCUT2D eigenvalue weighted by atomic mass is 9.83. The quantitative estimate of drug-likeness (QED) is 0.577. The van der Waals surface area contributed by atoms with E-state index in [2.05, 4.69) is 25.6 Å². The van der Waals surface area contributed by atoms with Crippen LogP contribution in [0.2, 0.25) is 5.02 Å². The monoisotopic (exact) mass is 427 g/mol.